The Bertz CT molecular complexity index is 166. The molecule has 0 aromatic carbocycles. The molecule has 0 saturated heterocycles. The molecule has 0 aliphatic carbocycles. The van der Waals surface area contributed by atoms with Crippen LogP contribution in [0.4, 0.5) is 0 Å². The minimum Gasteiger partial charge on any atom is -0.319 e. The molecule has 0 rings (SSSR count). The monoisotopic (exact) mass is 228 g/mol. The third-order valence-electron chi connectivity index (χ3n) is 3.26. The van der Waals surface area contributed by atoms with Crippen LogP contribution in [-0.4, -0.2) is 38.6 Å². The summed E-state index contributed by atoms with van der Waals surface area (Å²) in [4.78, 5) is 2.50. The molecular weight excluding hydrogens is 196 g/mol. The molecule has 0 saturated carbocycles. The Hall–Kier alpha value is -0.0800. The molecule has 0 heterocycles. The van der Waals surface area contributed by atoms with Gasteiger partial charge in [0.1, 0.15) is 0 Å². The molecule has 1 N–H and O–H groups in total. The summed E-state index contributed by atoms with van der Waals surface area (Å²) < 4.78 is 0. The second kappa shape index (κ2) is 8.08. The van der Waals surface area contributed by atoms with Gasteiger partial charge in [-0.15, -0.1) is 0 Å². The van der Waals surface area contributed by atoms with E-state index in [1.165, 1.54) is 32.4 Å². The molecule has 0 aliphatic rings. The molecule has 16 heavy (non-hydrogen) atoms. The van der Waals surface area contributed by atoms with Crippen LogP contribution < -0.4 is 5.32 Å². The maximum atomic E-state index is 3.29. The molecule has 98 valence electrons. The van der Waals surface area contributed by atoms with Crippen molar-refractivity contribution in [3.63, 3.8) is 0 Å². The predicted molar refractivity (Wildman–Crippen MR) is 73.9 cm³/mol. The fraction of sp³-hybridized carbons (Fsp3) is 1.00. The number of hydrogen-bond acceptors (Lipinski definition) is 2. The molecule has 0 aliphatic heterocycles. The Kier molecular flexibility index (Phi) is 8.04. The molecule has 0 amide bonds. The second-order valence-corrected chi connectivity index (χ2v) is 5.94. The van der Waals surface area contributed by atoms with Crippen molar-refractivity contribution in [2.75, 3.05) is 33.7 Å². The quantitative estimate of drug-likeness (QED) is 0.652. The highest BCUT2D eigenvalue weighted by Crippen LogP contribution is 2.23. The van der Waals surface area contributed by atoms with Crippen molar-refractivity contribution < 1.29 is 0 Å². The van der Waals surface area contributed by atoms with Crippen molar-refractivity contribution in [2.45, 2.75) is 47.0 Å². The van der Waals surface area contributed by atoms with E-state index in [0.29, 0.717) is 5.41 Å². The van der Waals surface area contributed by atoms with Gasteiger partial charge < -0.3 is 10.2 Å². The summed E-state index contributed by atoms with van der Waals surface area (Å²) in [6.07, 6.45) is 3.87. The molecule has 0 radical (unpaired) electrons. The van der Waals surface area contributed by atoms with Gasteiger partial charge in [0.25, 0.3) is 0 Å². The van der Waals surface area contributed by atoms with Gasteiger partial charge in [0.2, 0.25) is 0 Å². The van der Waals surface area contributed by atoms with Crippen molar-refractivity contribution in [2.24, 2.45) is 11.3 Å². The summed E-state index contributed by atoms with van der Waals surface area (Å²) in [6.45, 7) is 12.9. The Morgan fingerprint density at radius 3 is 2.31 bits per heavy atom. The average molecular weight is 228 g/mol. The fourth-order valence-electron chi connectivity index (χ4n) is 2.62. The standard InChI is InChI=1S/C14H32N2/c1-7-9-14(3,4)12-16(6)11-13(8-2)10-15-5/h13,15H,7-12H2,1-6H3. The normalized spacial score (nSPS) is 14.4. The first kappa shape index (κ1) is 15.9. The summed E-state index contributed by atoms with van der Waals surface area (Å²) in [5, 5.41) is 3.29. The van der Waals surface area contributed by atoms with Crippen LogP contribution in [0.25, 0.3) is 0 Å². The van der Waals surface area contributed by atoms with Gasteiger partial charge >= 0.3 is 0 Å². The van der Waals surface area contributed by atoms with Crippen LogP contribution in [0, 0.1) is 11.3 Å². The highest BCUT2D eigenvalue weighted by molar-refractivity contribution is 4.74. The molecule has 1 atom stereocenters. The molecule has 0 bridgehead atoms. The van der Waals surface area contributed by atoms with Crippen LogP contribution in [0.2, 0.25) is 0 Å². The SMILES string of the molecule is CCCC(C)(C)CN(C)CC(CC)CNC. The van der Waals surface area contributed by atoms with Crippen LogP contribution >= 0.6 is 0 Å². The predicted octanol–water partition coefficient (Wildman–Crippen LogP) is 2.99. The van der Waals surface area contributed by atoms with E-state index in [4.69, 9.17) is 0 Å². The van der Waals surface area contributed by atoms with E-state index >= 15 is 0 Å². The lowest BCUT2D eigenvalue weighted by Crippen LogP contribution is -2.37. The summed E-state index contributed by atoms with van der Waals surface area (Å²) >= 11 is 0. The van der Waals surface area contributed by atoms with E-state index in [1.54, 1.807) is 0 Å². The number of nitrogens with zero attached hydrogens (tertiary/aromatic N) is 1. The van der Waals surface area contributed by atoms with Crippen molar-refractivity contribution in [1.29, 1.82) is 0 Å². The number of rotatable bonds is 9. The summed E-state index contributed by atoms with van der Waals surface area (Å²) in [5.41, 5.74) is 0.460. The fourth-order valence-corrected chi connectivity index (χ4v) is 2.62. The Labute approximate surface area is 103 Å². The zero-order valence-electron chi connectivity index (χ0n) is 12.3. The molecule has 2 nitrogen and oxygen atoms in total. The van der Waals surface area contributed by atoms with Gasteiger partial charge in [0, 0.05) is 13.1 Å². The van der Waals surface area contributed by atoms with Crippen LogP contribution in [0.5, 0.6) is 0 Å². The summed E-state index contributed by atoms with van der Waals surface area (Å²) in [7, 11) is 4.30. The zero-order valence-corrected chi connectivity index (χ0v) is 12.3. The third-order valence-corrected chi connectivity index (χ3v) is 3.26. The van der Waals surface area contributed by atoms with E-state index in [9.17, 15) is 0 Å². The van der Waals surface area contributed by atoms with Crippen molar-refractivity contribution in [1.82, 2.24) is 10.2 Å². The van der Waals surface area contributed by atoms with Crippen LogP contribution in [-0.2, 0) is 0 Å². The summed E-state index contributed by atoms with van der Waals surface area (Å²) in [6, 6.07) is 0. The van der Waals surface area contributed by atoms with Gasteiger partial charge in [-0.1, -0.05) is 40.5 Å². The van der Waals surface area contributed by atoms with Gasteiger partial charge in [0.05, 0.1) is 0 Å². The van der Waals surface area contributed by atoms with Crippen molar-refractivity contribution in [3.8, 4) is 0 Å². The van der Waals surface area contributed by atoms with Gasteiger partial charge in [-0.3, -0.25) is 0 Å². The van der Waals surface area contributed by atoms with Gasteiger partial charge in [-0.2, -0.15) is 0 Å². The van der Waals surface area contributed by atoms with E-state index in [0.717, 1.165) is 12.5 Å². The molecule has 0 aromatic heterocycles. The van der Waals surface area contributed by atoms with E-state index < -0.39 is 0 Å². The second-order valence-electron chi connectivity index (χ2n) is 5.94. The van der Waals surface area contributed by atoms with Gasteiger partial charge in [-0.25, -0.2) is 0 Å². The minimum absolute atomic E-state index is 0.460. The van der Waals surface area contributed by atoms with E-state index in [1.807, 2.05) is 7.05 Å². The lowest BCUT2D eigenvalue weighted by atomic mass is 9.87. The highest BCUT2D eigenvalue weighted by atomic mass is 15.1. The zero-order chi connectivity index (χ0) is 12.6. The Morgan fingerprint density at radius 2 is 1.88 bits per heavy atom. The number of hydrogen-bond donors (Lipinski definition) is 1. The molecular formula is C14H32N2. The van der Waals surface area contributed by atoms with Crippen LogP contribution in [0.3, 0.4) is 0 Å². The Balaban J connectivity index is 3.99. The van der Waals surface area contributed by atoms with Crippen LogP contribution in [0.15, 0.2) is 0 Å². The van der Waals surface area contributed by atoms with E-state index in [2.05, 4.69) is 45.0 Å². The van der Waals surface area contributed by atoms with Gasteiger partial charge in [-0.05, 0) is 38.4 Å². The highest BCUT2D eigenvalue weighted by Gasteiger charge is 2.20. The topological polar surface area (TPSA) is 15.3 Å². The first-order valence-electron chi connectivity index (χ1n) is 6.78. The minimum atomic E-state index is 0.460. The van der Waals surface area contributed by atoms with Gasteiger partial charge in [0.15, 0.2) is 0 Å². The largest absolute Gasteiger partial charge is 0.319 e. The smallest absolute Gasteiger partial charge is 0.00298 e. The maximum absolute atomic E-state index is 3.29. The van der Waals surface area contributed by atoms with E-state index in [-0.39, 0.29) is 0 Å². The molecule has 0 fully saturated rings. The summed E-state index contributed by atoms with van der Waals surface area (Å²) in [5.74, 6) is 0.785. The Morgan fingerprint density at radius 1 is 1.25 bits per heavy atom. The molecule has 0 aromatic rings. The molecule has 0 spiro atoms. The third kappa shape index (κ3) is 7.24. The first-order valence-corrected chi connectivity index (χ1v) is 6.78. The molecule has 1 unspecified atom stereocenters. The first-order chi connectivity index (χ1) is 7.45. The maximum Gasteiger partial charge on any atom is 0.00298 e. The lowest BCUT2D eigenvalue weighted by Gasteiger charge is -2.32. The van der Waals surface area contributed by atoms with Crippen LogP contribution in [0.1, 0.15) is 47.0 Å². The number of nitrogens with one attached hydrogen (secondary N) is 1. The lowest BCUT2D eigenvalue weighted by molar-refractivity contribution is 0.173. The average Bonchev–Trinajstić information content (AvgIpc) is 2.15. The van der Waals surface area contributed by atoms with Crippen molar-refractivity contribution in [3.05, 3.63) is 0 Å². The van der Waals surface area contributed by atoms with Crippen molar-refractivity contribution >= 4 is 0 Å². The molecule has 2 heteroatoms.